The number of carbonyl (C=O) groups excluding carboxylic acids is 4. The lowest BCUT2D eigenvalue weighted by Gasteiger charge is -2.45. The van der Waals surface area contributed by atoms with E-state index >= 15 is 0 Å². The van der Waals surface area contributed by atoms with Crippen LogP contribution >= 0.6 is 0 Å². The van der Waals surface area contributed by atoms with Crippen LogP contribution in [0.25, 0.3) is 0 Å². The number of aliphatic hydroxyl groups is 13. The number of hydrogen-bond acceptors (Lipinski definition) is 24. The van der Waals surface area contributed by atoms with Crippen molar-refractivity contribution in [2.75, 3.05) is 0 Å². The number of esters is 3. The highest BCUT2D eigenvalue weighted by Crippen LogP contribution is 2.41. The molecular formula is C57H98O24. The van der Waals surface area contributed by atoms with E-state index in [9.17, 15) is 85.6 Å². The lowest BCUT2D eigenvalue weighted by atomic mass is 9.78. The number of unbranched alkanes of at least 4 members (excludes halogenated alkanes) is 1. The molecule has 81 heavy (non-hydrogen) atoms. The van der Waals surface area contributed by atoms with E-state index in [4.69, 9.17) is 33.2 Å². The number of ether oxygens (including phenoxy) is 7. The number of carbonyl (C=O) groups is 4. The molecule has 0 aromatic heterocycles. The summed E-state index contributed by atoms with van der Waals surface area (Å²) in [5.41, 5.74) is 0. The molecule has 0 aromatic carbocycles. The fourth-order valence-corrected chi connectivity index (χ4v) is 11.4. The third-order valence-electron chi connectivity index (χ3n) is 16.7. The molecule has 0 saturated carbocycles. The predicted octanol–water partition coefficient (Wildman–Crippen LogP) is 0.617. The molecule has 3 fully saturated rings. The zero-order chi connectivity index (χ0) is 60.6. The van der Waals surface area contributed by atoms with Crippen molar-refractivity contribution in [1.29, 1.82) is 0 Å². The Labute approximate surface area is 475 Å². The number of epoxide rings is 1. The van der Waals surface area contributed by atoms with Gasteiger partial charge in [-0.15, -0.1) is 0 Å². The van der Waals surface area contributed by atoms with Gasteiger partial charge in [0.2, 0.25) is 0 Å². The topological polar surface area (TPSA) is 399 Å². The normalized spacial score (nSPS) is 40.0. The number of fused-ring (bicyclic) bond motifs is 3. The van der Waals surface area contributed by atoms with Gasteiger partial charge in [0.05, 0.1) is 73.2 Å². The van der Waals surface area contributed by atoms with Gasteiger partial charge in [-0.2, -0.15) is 0 Å². The average Bonchev–Trinajstić information content (AvgIpc) is 4.22. The first-order valence-corrected chi connectivity index (χ1v) is 29.2. The summed E-state index contributed by atoms with van der Waals surface area (Å²) >= 11 is 0. The largest absolute Gasteiger partial charge is 0.462 e. The standard InChI is InChI=1S/C57H98O24/c1-9-10-16-45(66)77-44-26-48(75-34(8)51(44)71)79-56(73)32(6)50(70)30(4)49(69)31(5)52-33(7)53-54(80-53)41(63)15-12-14-39(76-47(68)20-29(3)58)23-38(62)24-40-25-42(64)55(72)57(74,81-40)27-43(65)28(2)18-19-36(60)22-37(61)21-35(59)13-11-17-46(67)78-52/h11,17,28,30-44,48-56,59-65,69-74H,9-10,12-16,18-27H2,1-8H3. The number of cyclic esters (lactones) is 1. The lowest BCUT2D eigenvalue weighted by Crippen LogP contribution is -2.59. The van der Waals surface area contributed by atoms with Crippen LogP contribution in [0.3, 0.4) is 0 Å². The molecule has 24 nitrogen and oxygen atoms in total. The van der Waals surface area contributed by atoms with Crippen LogP contribution in [-0.2, 0) is 52.3 Å². The number of ketones is 1. The van der Waals surface area contributed by atoms with E-state index in [1.165, 1.54) is 26.8 Å². The van der Waals surface area contributed by atoms with Gasteiger partial charge in [-0.3, -0.25) is 14.4 Å². The van der Waals surface area contributed by atoms with E-state index in [0.717, 1.165) is 12.5 Å². The number of rotatable bonds is 15. The van der Waals surface area contributed by atoms with Crippen molar-refractivity contribution in [3.05, 3.63) is 12.2 Å². The minimum Gasteiger partial charge on any atom is -0.462 e. The Morgan fingerprint density at radius 2 is 1.40 bits per heavy atom. The molecule has 2 bridgehead atoms. The second kappa shape index (κ2) is 33.2. The minimum atomic E-state index is -2.45. The molecule has 0 aromatic rings. The maximum Gasteiger partial charge on any atom is 0.330 e. The van der Waals surface area contributed by atoms with Crippen LogP contribution in [0, 0.1) is 29.6 Å². The van der Waals surface area contributed by atoms with Crippen molar-refractivity contribution in [3.8, 4) is 0 Å². The van der Waals surface area contributed by atoms with Gasteiger partial charge in [-0.1, -0.05) is 54.0 Å². The molecule has 4 heterocycles. The van der Waals surface area contributed by atoms with Crippen LogP contribution in [0.4, 0.5) is 0 Å². The first-order valence-electron chi connectivity index (χ1n) is 29.2. The average molecular weight is 1170 g/mol. The van der Waals surface area contributed by atoms with E-state index in [1.54, 1.807) is 27.7 Å². The van der Waals surface area contributed by atoms with Gasteiger partial charge in [0.1, 0.15) is 48.8 Å². The van der Waals surface area contributed by atoms with Gasteiger partial charge in [-0.05, 0) is 84.0 Å². The van der Waals surface area contributed by atoms with E-state index in [1.807, 2.05) is 6.92 Å². The minimum absolute atomic E-state index is 0.0807. The van der Waals surface area contributed by atoms with Crippen LogP contribution in [0.15, 0.2) is 12.2 Å². The van der Waals surface area contributed by atoms with Gasteiger partial charge < -0.3 is 99.5 Å². The Kier molecular flexibility index (Phi) is 28.9. The molecule has 26 atom stereocenters. The molecule has 0 amide bonds. The van der Waals surface area contributed by atoms with Crippen molar-refractivity contribution in [2.45, 2.75) is 293 Å². The Bertz CT molecular complexity index is 1940. The Balaban J connectivity index is 1.53. The molecule has 24 heteroatoms. The third-order valence-corrected chi connectivity index (χ3v) is 16.7. The summed E-state index contributed by atoms with van der Waals surface area (Å²) in [7, 11) is 0. The highest BCUT2D eigenvalue weighted by Gasteiger charge is 2.53. The Hall–Kier alpha value is -2.86. The SMILES string of the molecule is CCCCC(=O)OC1CC(OC(O)C(C)C(O)C(C)C(O)C(C)C2OC(=O)C=CCC(O)CC(O)CC(O)CCC(C)C(O)CC3(O)OC(CC(O)CC(OC(=O)CC(C)=O)CCCC(O)C4OC4C2C)CC(O)C3O)OC(C)C1O. The zero-order valence-corrected chi connectivity index (χ0v) is 48.4. The van der Waals surface area contributed by atoms with Gasteiger partial charge in [0, 0.05) is 61.9 Å². The summed E-state index contributed by atoms with van der Waals surface area (Å²) < 4.78 is 40.5. The summed E-state index contributed by atoms with van der Waals surface area (Å²) in [6, 6.07) is 0. The van der Waals surface area contributed by atoms with E-state index < -0.39 is 194 Å². The molecule has 3 saturated heterocycles. The fourth-order valence-electron chi connectivity index (χ4n) is 11.4. The van der Waals surface area contributed by atoms with Gasteiger partial charge in [0.15, 0.2) is 18.4 Å². The van der Waals surface area contributed by atoms with Crippen LogP contribution in [0.1, 0.15) is 165 Å². The van der Waals surface area contributed by atoms with E-state index in [2.05, 4.69) is 0 Å². The maximum atomic E-state index is 13.6. The first-order chi connectivity index (χ1) is 37.9. The number of hydrogen-bond donors (Lipinski definition) is 13. The number of aliphatic hydroxyl groups excluding tert-OH is 12. The second-order valence-electron chi connectivity index (χ2n) is 23.9. The monoisotopic (exact) mass is 1170 g/mol. The van der Waals surface area contributed by atoms with Crippen molar-refractivity contribution in [1.82, 2.24) is 0 Å². The number of Topliss-reactive ketones (excluding diaryl/α,β-unsaturated/α-hetero) is 1. The van der Waals surface area contributed by atoms with E-state index in [-0.39, 0.29) is 83.5 Å². The summed E-state index contributed by atoms with van der Waals surface area (Å²) in [5.74, 6) is -9.50. The van der Waals surface area contributed by atoms with Gasteiger partial charge >= 0.3 is 17.9 Å². The quantitative estimate of drug-likeness (QED) is 0.0351. The first kappa shape index (κ1) is 70.6. The van der Waals surface area contributed by atoms with Crippen molar-refractivity contribution in [3.63, 3.8) is 0 Å². The van der Waals surface area contributed by atoms with Gasteiger partial charge in [0.25, 0.3) is 0 Å². The highest BCUT2D eigenvalue weighted by atomic mass is 16.7. The van der Waals surface area contributed by atoms with Crippen molar-refractivity contribution in [2.24, 2.45) is 29.6 Å². The van der Waals surface area contributed by atoms with Crippen LogP contribution in [-0.4, -0.2) is 218 Å². The fraction of sp³-hybridized carbons (Fsp3) is 0.895. The van der Waals surface area contributed by atoms with E-state index in [0.29, 0.717) is 6.42 Å². The molecule has 4 aliphatic heterocycles. The summed E-state index contributed by atoms with van der Waals surface area (Å²) in [6.07, 6.45) is -21.6. The summed E-state index contributed by atoms with van der Waals surface area (Å²) in [4.78, 5) is 50.5. The molecular weight excluding hydrogens is 1070 g/mol. The molecule has 4 rings (SSSR count). The third kappa shape index (κ3) is 22.2. The molecule has 0 radical (unpaired) electrons. The van der Waals surface area contributed by atoms with Crippen molar-refractivity contribution >= 4 is 23.7 Å². The van der Waals surface area contributed by atoms with Crippen LogP contribution in [0.2, 0.25) is 0 Å². The van der Waals surface area contributed by atoms with Crippen LogP contribution in [0.5, 0.6) is 0 Å². The van der Waals surface area contributed by atoms with Crippen LogP contribution < -0.4 is 0 Å². The Morgan fingerprint density at radius 3 is 2.06 bits per heavy atom. The predicted molar refractivity (Wildman–Crippen MR) is 285 cm³/mol. The lowest BCUT2D eigenvalue weighted by molar-refractivity contribution is -0.333. The summed E-state index contributed by atoms with van der Waals surface area (Å²) in [5, 5.41) is 145. The second-order valence-corrected chi connectivity index (χ2v) is 23.9. The summed E-state index contributed by atoms with van der Waals surface area (Å²) in [6.45, 7) is 12.6. The van der Waals surface area contributed by atoms with Crippen molar-refractivity contribution < 1.29 is 119 Å². The molecule has 470 valence electrons. The molecule has 0 spiro atoms. The molecule has 13 N–H and O–H groups in total. The smallest absolute Gasteiger partial charge is 0.330 e. The van der Waals surface area contributed by atoms with Gasteiger partial charge in [-0.25, -0.2) is 4.79 Å². The molecule has 4 aliphatic rings. The highest BCUT2D eigenvalue weighted by molar-refractivity contribution is 5.94. The molecule has 26 unspecified atom stereocenters. The maximum absolute atomic E-state index is 13.6. The zero-order valence-electron chi connectivity index (χ0n) is 48.4. The Morgan fingerprint density at radius 1 is 0.728 bits per heavy atom. The molecule has 0 aliphatic carbocycles.